The summed E-state index contributed by atoms with van der Waals surface area (Å²) < 4.78 is 5.35. The summed E-state index contributed by atoms with van der Waals surface area (Å²) in [6.07, 6.45) is 2.60. The van der Waals surface area contributed by atoms with Gasteiger partial charge in [0.05, 0.1) is 13.0 Å². The van der Waals surface area contributed by atoms with Gasteiger partial charge in [0.25, 0.3) is 0 Å². The quantitative estimate of drug-likeness (QED) is 0.841. The van der Waals surface area contributed by atoms with E-state index in [0.29, 0.717) is 19.6 Å². The molecule has 1 saturated heterocycles. The second-order valence-electron chi connectivity index (χ2n) is 5.22. The van der Waals surface area contributed by atoms with Crippen molar-refractivity contribution in [3.63, 3.8) is 0 Å². The first-order valence-electron chi connectivity index (χ1n) is 6.73. The van der Waals surface area contributed by atoms with Crippen molar-refractivity contribution in [2.24, 2.45) is 5.41 Å². The first-order valence-corrected chi connectivity index (χ1v) is 7.61. The molecule has 2 rings (SSSR count). The van der Waals surface area contributed by atoms with Gasteiger partial charge >= 0.3 is 0 Å². The summed E-state index contributed by atoms with van der Waals surface area (Å²) in [5.74, 6) is 0.108. The van der Waals surface area contributed by atoms with E-state index in [1.165, 1.54) is 0 Å². The van der Waals surface area contributed by atoms with Crippen LogP contribution in [0.2, 0.25) is 0 Å². The second kappa shape index (κ2) is 8.62. The molecular formula is C14H23ClN2O2S. The number of amides is 1. The normalized spacial score (nSPS) is 17.2. The Morgan fingerprint density at radius 1 is 1.50 bits per heavy atom. The highest BCUT2D eigenvalue weighted by molar-refractivity contribution is 7.10. The monoisotopic (exact) mass is 318 g/mol. The van der Waals surface area contributed by atoms with Gasteiger partial charge < -0.3 is 15.4 Å². The maximum absolute atomic E-state index is 11.9. The fourth-order valence-electron chi connectivity index (χ4n) is 2.56. The van der Waals surface area contributed by atoms with Crippen LogP contribution in [0.4, 0.5) is 0 Å². The maximum Gasteiger partial charge on any atom is 0.225 e. The molecule has 1 amide bonds. The van der Waals surface area contributed by atoms with Gasteiger partial charge in [-0.05, 0) is 37.4 Å². The molecule has 0 unspecified atom stereocenters. The highest BCUT2D eigenvalue weighted by Crippen LogP contribution is 2.28. The smallest absolute Gasteiger partial charge is 0.225 e. The van der Waals surface area contributed by atoms with Crippen molar-refractivity contribution >= 4 is 29.7 Å². The number of ether oxygens (including phenoxy) is 1. The molecule has 2 heterocycles. The number of carbonyl (C=O) groups excluding carboxylic acids is 1. The van der Waals surface area contributed by atoms with E-state index in [1.54, 1.807) is 18.4 Å². The number of thiophene rings is 1. The third-order valence-electron chi connectivity index (χ3n) is 3.69. The van der Waals surface area contributed by atoms with Crippen molar-refractivity contribution in [2.45, 2.75) is 19.3 Å². The Hall–Kier alpha value is -0.620. The molecular weight excluding hydrogens is 296 g/mol. The predicted octanol–water partition coefficient (Wildman–Crippen LogP) is 1.84. The standard InChI is InChI=1S/C14H22N2O2S.ClH/c1-18-11-14(4-6-15-7-5-14)10-16-13(17)9-12-3-2-8-19-12;/h2-3,8,15H,4-7,9-11H2,1H3,(H,16,17);1H. The number of rotatable bonds is 6. The summed E-state index contributed by atoms with van der Waals surface area (Å²) in [6, 6.07) is 3.98. The Balaban J connectivity index is 0.00000200. The SMILES string of the molecule is COCC1(CNC(=O)Cc2cccs2)CCNCC1.Cl. The molecule has 0 saturated carbocycles. The van der Waals surface area contributed by atoms with Crippen molar-refractivity contribution in [2.75, 3.05) is 33.4 Å². The van der Waals surface area contributed by atoms with Crippen molar-refractivity contribution < 1.29 is 9.53 Å². The van der Waals surface area contributed by atoms with Crippen molar-refractivity contribution in [1.82, 2.24) is 10.6 Å². The van der Waals surface area contributed by atoms with Crippen LogP contribution in [-0.2, 0) is 16.0 Å². The fourth-order valence-corrected chi connectivity index (χ4v) is 3.26. The van der Waals surface area contributed by atoms with E-state index in [2.05, 4.69) is 10.6 Å². The molecule has 4 nitrogen and oxygen atoms in total. The van der Waals surface area contributed by atoms with Crippen LogP contribution in [0.5, 0.6) is 0 Å². The number of carbonyl (C=O) groups is 1. The van der Waals surface area contributed by atoms with E-state index >= 15 is 0 Å². The third-order valence-corrected chi connectivity index (χ3v) is 4.57. The van der Waals surface area contributed by atoms with Gasteiger partial charge in [0, 0.05) is 23.9 Å². The average Bonchev–Trinajstić information content (AvgIpc) is 2.91. The minimum absolute atomic E-state index is 0. The molecule has 0 bridgehead atoms. The van der Waals surface area contributed by atoms with Gasteiger partial charge in [-0.25, -0.2) is 0 Å². The lowest BCUT2D eigenvalue weighted by molar-refractivity contribution is -0.121. The minimum Gasteiger partial charge on any atom is -0.384 e. The van der Waals surface area contributed by atoms with E-state index < -0.39 is 0 Å². The van der Waals surface area contributed by atoms with Crippen LogP contribution in [0, 0.1) is 5.41 Å². The van der Waals surface area contributed by atoms with Gasteiger partial charge in [0.2, 0.25) is 5.91 Å². The van der Waals surface area contributed by atoms with Crippen LogP contribution in [0.15, 0.2) is 17.5 Å². The highest BCUT2D eigenvalue weighted by Gasteiger charge is 2.32. The Morgan fingerprint density at radius 2 is 2.25 bits per heavy atom. The summed E-state index contributed by atoms with van der Waals surface area (Å²) in [4.78, 5) is 13.1. The van der Waals surface area contributed by atoms with Gasteiger partial charge in [-0.1, -0.05) is 6.07 Å². The van der Waals surface area contributed by atoms with Crippen LogP contribution in [0.1, 0.15) is 17.7 Å². The van der Waals surface area contributed by atoms with E-state index in [9.17, 15) is 4.79 Å². The van der Waals surface area contributed by atoms with E-state index in [-0.39, 0.29) is 23.7 Å². The van der Waals surface area contributed by atoms with Gasteiger partial charge in [-0.15, -0.1) is 23.7 Å². The first-order chi connectivity index (χ1) is 9.24. The Bertz CT molecular complexity index is 386. The Morgan fingerprint density at radius 3 is 2.85 bits per heavy atom. The number of hydrogen-bond acceptors (Lipinski definition) is 4. The summed E-state index contributed by atoms with van der Waals surface area (Å²) in [5, 5.41) is 8.43. The zero-order chi connectivity index (χ0) is 13.6. The molecule has 6 heteroatoms. The Labute approximate surface area is 130 Å². The Kier molecular flexibility index (Phi) is 7.51. The van der Waals surface area contributed by atoms with Gasteiger partial charge in [0.1, 0.15) is 0 Å². The van der Waals surface area contributed by atoms with Crippen LogP contribution in [-0.4, -0.2) is 39.3 Å². The van der Waals surface area contributed by atoms with Crippen molar-refractivity contribution in [3.05, 3.63) is 22.4 Å². The molecule has 2 N–H and O–H groups in total. The second-order valence-corrected chi connectivity index (χ2v) is 6.25. The molecule has 0 spiro atoms. The molecule has 0 atom stereocenters. The van der Waals surface area contributed by atoms with Crippen molar-refractivity contribution in [3.8, 4) is 0 Å². The van der Waals surface area contributed by atoms with Crippen LogP contribution in [0.3, 0.4) is 0 Å². The lowest BCUT2D eigenvalue weighted by Gasteiger charge is -2.37. The molecule has 114 valence electrons. The lowest BCUT2D eigenvalue weighted by Crippen LogP contribution is -2.47. The molecule has 20 heavy (non-hydrogen) atoms. The molecule has 0 radical (unpaired) electrons. The average molecular weight is 319 g/mol. The topological polar surface area (TPSA) is 50.4 Å². The van der Waals surface area contributed by atoms with Crippen LogP contribution >= 0.6 is 23.7 Å². The first kappa shape index (κ1) is 17.4. The number of methoxy groups -OCH3 is 1. The van der Waals surface area contributed by atoms with Crippen molar-refractivity contribution in [1.29, 1.82) is 0 Å². The van der Waals surface area contributed by atoms with Crippen LogP contribution < -0.4 is 10.6 Å². The lowest BCUT2D eigenvalue weighted by atomic mass is 9.79. The number of hydrogen-bond donors (Lipinski definition) is 2. The van der Waals surface area contributed by atoms with Crippen LogP contribution in [0.25, 0.3) is 0 Å². The minimum atomic E-state index is 0. The largest absolute Gasteiger partial charge is 0.384 e. The van der Waals surface area contributed by atoms with Gasteiger partial charge in [-0.3, -0.25) is 4.79 Å². The van der Waals surface area contributed by atoms with Gasteiger partial charge in [-0.2, -0.15) is 0 Å². The predicted molar refractivity (Wildman–Crippen MR) is 84.7 cm³/mol. The highest BCUT2D eigenvalue weighted by atomic mass is 35.5. The number of halogens is 1. The zero-order valence-corrected chi connectivity index (χ0v) is 13.4. The summed E-state index contributed by atoms with van der Waals surface area (Å²) in [5.41, 5.74) is 0.102. The number of nitrogens with one attached hydrogen (secondary N) is 2. The summed E-state index contributed by atoms with van der Waals surface area (Å²) in [7, 11) is 1.73. The van der Waals surface area contributed by atoms with E-state index in [0.717, 1.165) is 30.8 Å². The number of piperidine rings is 1. The fraction of sp³-hybridized carbons (Fsp3) is 0.643. The molecule has 1 aromatic rings. The summed E-state index contributed by atoms with van der Waals surface area (Å²) >= 11 is 1.63. The van der Waals surface area contributed by atoms with Gasteiger partial charge in [0.15, 0.2) is 0 Å². The molecule has 0 aliphatic carbocycles. The zero-order valence-electron chi connectivity index (χ0n) is 11.8. The third kappa shape index (κ3) is 5.05. The van der Waals surface area contributed by atoms with E-state index in [4.69, 9.17) is 4.74 Å². The summed E-state index contributed by atoms with van der Waals surface area (Å²) in [6.45, 7) is 3.44. The molecule has 0 aromatic carbocycles. The molecule has 1 aliphatic heterocycles. The maximum atomic E-state index is 11.9. The molecule has 1 fully saturated rings. The van der Waals surface area contributed by atoms with E-state index in [1.807, 2.05) is 17.5 Å². The molecule has 1 aliphatic rings. The molecule has 1 aromatic heterocycles.